The summed E-state index contributed by atoms with van der Waals surface area (Å²) in [4.78, 5) is 33.2. The van der Waals surface area contributed by atoms with Gasteiger partial charge in [-0.1, -0.05) is 43.7 Å². The molecule has 0 spiro atoms. The topological polar surface area (TPSA) is 55.2 Å². The maximum absolute atomic E-state index is 12.8. The van der Waals surface area contributed by atoms with E-state index in [0.29, 0.717) is 16.8 Å². The van der Waals surface area contributed by atoms with Gasteiger partial charge in [-0.25, -0.2) is 4.98 Å². The summed E-state index contributed by atoms with van der Waals surface area (Å²) in [5, 5.41) is 0.570. The summed E-state index contributed by atoms with van der Waals surface area (Å²) in [6, 6.07) is 11.8. The third-order valence-corrected chi connectivity index (χ3v) is 5.49. The Hall–Kier alpha value is -2.47. The average Bonchev–Trinajstić information content (AvgIpc) is 3.10. The molecule has 2 heterocycles. The Kier molecular flexibility index (Phi) is 5.83. The van der Waals surface area contributed by atoms with Crippen LogP contribution in [0.5, 0.6) is 0 Å². The van der Waals surface area contributed by atoms with Crippen LogP contribution in [0.25, 0.3) is 20.7 Å². The molecule has 1 amide bonds. The fraction of sp³-hybridized carbons (Fsp3) is 0.350. The van der Waals surface area contributed by atoms with Crippen molar-refractivity contribution in [2.45, 2.75) is 33.2 Å². The molecule has 0 fully saturated rings. The van der Waals surface area contributed by atoms with E-state index in [4.69, 9.17) is 0 Å². The first-order valence-electron chi connectivity index (χ1n) is 8.96. The van der Waals surface area contributed by atoms with E-state index < -0.39 is 0 Å². The molecule has 1 aromatic carbocycles. The number of hydrogen-bond donors (Lipinski definition) is 0. The molecule has 0 N–H and O–H groups in total. The van der Waals surface area contributed by atoms with Crippen LogP contribution < -0.4 is 5.56 Å². The van der Waals surface area contributed by atoms with Crippen molar-refractivity contribution in [1.82, 2.24) is 14.5 Å². The summed E-state index contributed by atoms with van der Waals surface area (Å²) in [7, 11) is 0. The molecule has 6 heteroatoms. The first kappa shape index (κ1) is 18.3. The second kappa shape index (κ2) is 8.27. The molecule has 0 saturated heterocycles. The van der Waals surface area contributed by atoms with Crippen molar-refractivity contribution in [3.8, 4) is 10.4 Å². The lowest BCUT2D eigenvalue weighted by Crippen LogP contribution is -2.37. The molecule has 26 heavy (non-hydrogen) atoms. The fourth-order valence-electron chi connectivity index (χ4n) is 2.87. The zero-order valence-corrected chi connectivity index (χ0v) is 16.0. The largest absolute Gasteiger partial charge is 0.341 e. The Morgan fingerprint density at radius 1 is 1.23 bits per heavy atom. The second-order valence-corrected chi connectivity index (χ2v) is 7.23. The van der Waals surface area contributed by atoms with Gasteiger partial charge in [0.2, 0.25) is 5.91 Å². The van der Waals surface area contributed by atoms with Crippen molar-refractivity contribution in [2.24, 2.45) is 0 Å². The number of hydrogen-bond acceptors (Lipinski definition) is 4. The molecule has 0 unspecified atom stereocenters. The number of aromatic nitrogens is 2. The Bertz CT molecular complexity index is 947. The summed E-state index contributed by atoms with van der Waals surface area (Å²) < 4.78 is 1.42. The van der Waals surface area contributed by atoms with Gasteiger partial charge in [-0.3, -0.25) is 14.2 Å². The number of nitrogens with zero attached hydrogens (tertiary/aromatic N) is 3. The van der Waals surface area contributed by atoms with Crippen molar-refractivity contribution in [3.63, 3.8) is 0 Å². The summed E-state index contributed by atoms with van der Waals surface area (Å²) in [5.41, 5.74) is 0.905. The van der Waals surface area contributed by atoms with Gasteiger partial charge in [-0.05, 0) is 25.0 Å². The third kappa shape index (κ3) is 3.85. The quantitative estimate of drug-likeness (QED) is 0.637. The fourth-order valence-corrected chi connectivity index (χ4v) is 3.87. The highest BCUT2D eigenvalue weighted by Gasteiger charge is 2.15. The zero-order chi connectivity index (χ0) is 18.5. The number of carbonyl (C=O) groups is 1. The molecule has 5 nitrogen and oxygen atoms in total. The van der Waals surface area contributed by atoms with E-state index in [2.05, 4.69) is 11.9 Å². The molecule has 3 aromatic rings. The summed E-state index contributed by atoms with van der Waals surface area (Å²) in [6.07, 6.45) is 3.49. The van der Waals surface area contributed by atoms with Crippen LogP contribution in [0.3, 0.4) is 0 Å². The van der Waals surface area contributed by atoms with E-state index in [1.165, 1.54) is 22.2 Å². The van der Waals surface area contributed by atoms with Crippen LogP contribution >= 0.6 is 11.3 Å². The van der Waals surface area contributed by atoms with E-state index in [9.17, 15) is 9.59 Å². The molecular formula is C20H23N3O2S. The van der Waals surface area contributed by atoms with Crippen molar-refractivity contribution in [1.29, 1.82) is 0 Å². The number of unbranched alkanes of at least 4 members (excludes halogenated alkanes) is 1. The first-order chi connectivity index (χ1) is 12.6. The standard InChI is InChI=1S/C20H23N3O2S/c1-3-5-11-22(4-2)18(24)13-23-14-21-19-16(20(23)25)12-17(26-19)15-9-7-6-8-10-15/h6-10,12,14H,3-5,11,13H2,1-2H3. The smallest absolute Gasteiger partial charge is 0.262 e. The van der Waals surface area contributed by atoms with Crippen molar-refractivity contribution in [2.75, 3.05) is 13.1 Å². The van der Waals surface area contributed by atoms with Gasteiger partial charge in [-0.2, -0.15) is 0 Å². The van der Waals surface area contributed by atoms with Crippen LogP contribution in [0.2, 0.25) is 0 Å². The second-order valence-electron chi connectivity index (χ2n) is 6.20. The Balaban J connectivity index is 1.87. The first-order valence-corrected chi connectivity index (χ1v) is 9.77. The monoisotopic (exact) mass is 369 g/mol. The predicted octanol–water partition coefficient (Wildman–Crippen LogP) is 3.77. The lowest BCUT2D eigenvalue weighted by atomic mass is 10.2. The molecule has 0 saturated carbocycles. The summed E-state index contributed by atoms with van der Waals surface area (Å²) in [5.74, 6) is -0.0392. The minimum absolute atomic E-state index is 0.0375. The van der Waals surface area contributed by atoms with E-state index in [-0.39, 0.29) is 18.0 Å². The minimum Gasteiger partial charge on any atom is -0.341 e. The van der Waals surface area contributed by atoms with Gasteiger partial charge in [-0.15, -0.1) is 11.3 Å². The maximum Gasteiger partial charge on any atom is 0.262 e. The van der Waals surface area contributed by atoms with Gasteiger partial charge in [0.15, 0.2) is 0 Å². The maximum atomic E-state index is 12.8. The third-order valence-electron chi connectivity index (χ3n) is 4.40. The van der Waals surface area contributed by atoms with Crippen LogP contribution in [0.1, 0.15) is 26.7 Å². The Morgan fingerprint density at radius 2 is 2.00 bits per heavy atom. The van der Waals surface area contributed by atoms with Gasteiger partial charge in [0.05, 0.1) is 11.7 Å². The highest BCUT2D eigenvalue weighted by Crippen LogP contribution is 2.30. The number of likely N-dealkylation sites (N-methyl/N-ethyl adjacent to an activating group) is 1. The number of benzene rings is 1. The highest BCUT2D eigenvalue weighted by atomic mass is 32.1. The van der Waals surface area contributed by atoms with E-state index in [1.807, 2.05) is 43.3 Å². The number of thiophene rings is 1. The molecular weight excluding hydrogens is 346 g/mol. The zero-order valence-electron chi connectivity index (χ0n) is 15.1. The molecule has 3 rings (SSSR count). The minimum atomic E-state index is -0.159. The van der Waals surface area contributed by atoms with Crippen LogP contribution in [0.15, 0.2) is 47.5 Å². The molecule has 0 radical (unpaired) electrons. The van der Waals surface area contributed by atoms with Crippen LogP contribution in [-0.2, 0) is 11.3 Å². The van der Waals surface area contributed by atoms with Crippen molar-refractivity contribution in [3.05, 3.63) is 53.1 Å². The van der Waals surface area contributed by atoms with Gasteiger partial charge < -0.3 is 4.90 Å². The summed E-state index contributed by atoms with van der Waals surface area (Å²) >= 11 is 1.49. The molecule has 2 aromatic heterocycles. The van der Waals surface area contributed by atoms with Crippen molar-refractivity contribution >= 4 is 27.5 Å². The van der Waals surface area contributed by atoms with E-state index >= 15 is 0 Å². The van der Waals surface area contributed by atoms with E-state index in [1.54, 1.807) is 4.90 Å². The summed E-state index contributed by atoms with van der Waals surface area (Å²) in [6.45, 7) is 5.48. The Morgan fingerprint density at radius 3 is 2.69 bits per heavy atom. The number of carbonyl (C=O) groups excluding carboxylic acids is 1. The molecule has 0 aliphatic carbocycles. The lowest BCUT2D eigenvalue weighted by Gasteiger charge is -2.20. The van der Waals surface area contributed by atoms with Crippen molar-refractivity contribution < 1.29 is 4.79 Å². The normalized spacial score (nSPS) is 11.0. The van der Waals surface area contributed by atoms with Gasteiger partial charge in [0, 0.05) is 18.0 Å². The van der Waals surface area contributed by atoms with E-state index in [0.717, 1.165) is 29.8 Å². The van der Waals surface area contributed by atoms with Crippen LogP contribution in [0.4, 0.5) is 0 Å². The van der Waals surface area contributed by atoms with Gasteiger partial charge >= 0.3 is 0 Å². The number of fused-ring (bicyclic) bond motifs is 1. The molecule has 0 atom stereocenters. The van der Waals surface area contributed by atoms with Gasteiger partial charge in [0.25, 0.3) is 5.56 Å². The predicted molar refractivity (Wildman–Crippen MR) is 106 cm³/mol. The number of rotatable bonds is 7. The molecule has 0 aliphatic heterocycles. The average molecular weight is 369 g/mol. The number of amides is 1. The lowest BCUT2D eigenvalue weighted by molar-refractivity contribution is -0.131. The Labute approximate surface area is 156 Å². The van der Waals surface area contributed by atoms with Gasteiger partial charge in [0.1, 0.15) is 11.4 Å². The molecule has 136 valence electrons. The molecule has 0 aliphatic rings. The van der Waals surface area contributed by atoms with Crippen LogP contribution in [0, 0.1) is 0 Å². The molecule has 0 bridgehead atoms. The SMILES string of the molecule is CCCCN(CC)C(=O)Cn1cnc2sc(-c3ccccc3)cc2c1=O. The highest BCUT2D eigenvalue weighted by molar-refractivity contribution is 7.21. The van der Waals surface area contributed by atoms with Crippen LogP contribution in [-0.4, -0.2) is 33.4 Å².